The summed E-state index contributed by atoms with van der Waals surface area (Å²) >= 11 is 0. The van der Waals surface area contributed by atoms with Crippen molar-refractivity contribution in [2.45, 2.75) is 32.9 Å². The first-order chi connectivity index (χ1) is 15.4. The Morgan fingerprint density at radius 3 is 2.72 bits per heavy atom. The van der Waals surface area contributed by atoms with Crippen molar-refractivity contribution in [3.63, 3.8) is 0 Å². The van der Waals surface area contributed by atoms with Gasteiger partial charge in [-0.05, 0) is 62.2 Å². The number of nitrogen functional groups attached to an aromatic ring is 1. The summed E-state index contributed by atoms with van der Waals surface area (Å²) in [5.41, 5.74) is 10.7. The summed E-state index contributed by atoms with van der Waals surface area (Å²) in [5.74, 6) is 0.00986. The largest absolute Gasteiger partial charge is 0.382 e. The number of anilines is 1. The van der Waals surface area contributed by atoms with Gasteiger partial charge in [-0.3, -0.25) is 9.47 Å². The number of hydrogen-bond acceptors (Lipinski definition) is 4. The highest BCUT2D eigenvalue weighted by molar-refractivity contribution is 6.06. The summed E-state index contributed by atoms with van der Waals surface area (Å²) in [6, 6.07) is 11.0. The number of hydrogen-bond donors (Lipinski definition) is 2. The van der Waals surface area contributed by atoms with Gasteiger partial charge < -0.3 is 10.7 Å². The molecule has 7 heteroatoms. The zero-order chi connectivity index (χ0) is 22.4. The number of nitrogens with zero attached hydrogens (tertiary/aromatic N) is 3. The van der Waals surface area contributed by atoms with Crippen molar-refractivity contribution >= 4 is 33.3 Å². The van der Waals surface area contributed by atoms with Crippen LogP contribution in [0.2, 0.25) is 0 Å². The van der Waals surface area contributed by atoms with Crippen molar-refractivity contribution < 1.29 is 4.39 Å². The monoisotopic (exact) mass is 431 g/mol. The number of aromatic amines is 1. The van der Waals surface area contributed by atoms with Gasteiger partial charge in [0, 0.05) is 17.5 Å². The van der Waals surface area contributed by atoms with Crippen LogP contribution in [0.25, 0.3) is 27.5 Å². The third kappa shape index (κ3) is 3.48. The maximum Gasteiger partial charge on any atom is 0.326 e. The lowest BCUT2D eigenvalue weighted by Crippen LogP contribution is -2.21. The molecule has 0 saturated carbocycles. The Kier molecular flexibility index (Phi) is 5.06. The maximum absolute atomic E-state index is 15.3. The summed E-state index contributed by atoms with van der Waals surface area (Å²) in [5, 5.41) is 0.821. The van der Waals surface area contributed by atoms with Gasteiger partial charge in [0.15, 0.2) is 0 Å². The molecule has 0 spiro atoms. The first kappa shape index (κ1) is 20.5. The minimum absolute atomic E-state index is 0.216. The molecule has 3 heterocycles. The van der Waals surface area contributed by atoms with Crippen molar-refractivity contribution in [1.29, 1.82) is 0 Å². The van der Waals surface area contributed by atoms with Crippen molar-refractivity contribution in [1.82, 2.24) is 19.4 Å². The lowest BCUT2D eigenvalue weighted by molar-refractivity contribution is 0.325. The molecule has 164 valence electrons. The van der Waals surface area contributed by atoms with Gasteiger partial charge in [0.2, 0.25) is 0 Å². The van der Waals surface area contributed by atoms with E-state index in [2.05, 4.69) is 21.4 Å². The molecule has 0 unspecified atom stereocenters. The van der Waals surface area contributed by atoms with Gasteiger partial charge in [-0.1, -0.05) is 30.4 Å². The summed E-state index contributed by atoms with van der Waals surface area (Å²) in [6.45, 7) is 8.74. The molecule has 2 aromatic heterocycles. The zero-order valence-corrected chi connectivity index (χ0v) is 18.1. The highest BCUT2D eigenvalue weighted by atomic mass is 19.1. The molecule has 5 rings (SSSR count). The minimum Gasteiger partial charge on any atom is -0.382 e. The van der Waals surface area contributed by atoms with Crippen LogP contribution in [0, 0.1) is 5.82 Å². The van der Waals surface area contributed by atoms with Gasteiger partial charge in [-0.2, -0.15) is 0 Å². The van der Waals surface area contributed by atoms with E-state index >= 15 is 4.39 Å². The molecule has 4 aromatic rings. The van der Waals surface area contributed by atoms with Crippen LogP contribution in [0.3, 0.4) is 0 Å². The van der Waals surface area contributed by atoms with Crippen LogP contribution in [-0.2, 0) is 13.1 Å². The second-order valence-corrected chi connectivity index (χ2v) is 8.62. The lowest BCUT2D eigenvalue weighted by Gasteiger charge is -2.19. The standard InChI is InChI=1S/C25H26FN5O/c1-15(2)18-11-16(12-20(26)19(18)14-30-9-5-6-10-30)13-31-23-17-7-3-4-8-21(17)28-24(27)22(23)29-25(31)32/h3-4,7-8,11-12H,1,5-6,9-10,13-14H2,2H3,(H2,27,28)(H,29,32). The normalized spacial score (nSPS) is 14.6. The Labute approximate surface area is 185 Å². The van der Waals surface area contributed by atoms with Gasteiger partial charge in [0.05, 0.1) is 17.6 Å². The first-order valence-electron chi connectivity index (χ1n) is 10.9. The predicted molar refractivity (Wildman–Crippen MR) is 127 cm³/mol. The molecule has 0 radical (unpaired) electrons. The number of nitrogens with two attached hydrogens (primary N) is 1. The summed E-state index contributed by atoms with van der Waals surface area (Å²) in [6.07, 6.45) is 2.30. The molecule has 1 aliphatic heterocycles. The molecular formula is C25H26FN5O. The SMILES string of the molecule is C=C(C)c1cc(Cn2c(=O)[nH]c3c(N)nc4ccccc4c32)cc(F)c1CN1CCCC1. The smallest absolute Gasteiger partial charge is 0.326 e. The molecular weight excluding hydrogens is 405 g/mol. The Morgan fingerprint density at radius 2 is 1.97 bits per heavy atom. The van der Waals surface area contributed by atoms with E-state index < -0.39 is 0 Å². The summed E-state index contributed by atoms with van der Waals surface area (Å²) in [4.78, 5) is 22.3. The van der Waals surface area contributed by atoms with Gasteiger partial charge in [0.25, 0.3) is 0 Å². The number of likely N-dealkylation sites (tertiary alicyclic amines) is 1. The highest BCUT2D eigenvalue weighted by Gasteiger charge is 2.20. The number of allylic oxidation sites excluding steroid dienone is 1. The number of nitrogens with one attached hydrogen (secondary N) is 1. The molecule has 1 aliphatic rings. The molecule has 3 N–H and O–H groups in total. The summed E-state index contributed by atoms with van der Waals surface area (Å²) in [7, 11) is 0. The van der Waals surface area contributed by atoms with Crippen LogP contribution >= 0.6 is 0 Å². The van der Waals surface area contributed by atoms with E-state index in [1.807, 2.05) is 37.3 Å². The van der Waals surface area contributed by atoms with E-state index in [0.29, 0.717) is 34.2 Å². The molecule has 1 saturated heterocycles. The Bertz CT molecular complexity index is 1410. The quantitative estimate of drug-likeness (QED) is 0.494. The number of halogens is 1. The van der Waals surface area contributed by atoms with Crippen molar-refractivity contribution in [3.8, 4) is 0 Å². The van der Waals surface area contributed by atoms with E-state index in [4.69, 9.17) is 5.73 Å². The number of fused-ring (bicyclic) bond motifs is 3. The van der Waals surface area contributed by atoms with Crippen LogP contribution in [0.4, 0.5) is 10.2 Å². The molecule has 6 nitrogen and oxygen atoms in total. The average Bonchev–Trinajstić information content (AvgIpc) is 3.38. The molecule has 0 bridgehead atoms. The van der Waals surface area contributed by atoms with Crippen LogP contribution in [-0.4, -0.2) is 32.5 Å². The molecule has 0 atom stereocenters. The maximum atomic E-state index is 15.3. The fourth-order valence-electron chi connectivity index (χ4n) is 4.72. The third-order valence-corrected chi connectivity index (χ3v) is 6.28. The topological polar surface area (TPSA) is 79.9 Å². The molecule has 32 heavy (non-hydrogen) atoms. The van der Waals surface area contributed by atoms with Crippen LogP contribution in [0.5, 0.6) is 0 Å². The molecule has 0 aliphatic carbocycles. The zero-order valence-electron chi connectivity index (χ0n) is 18.1. The highest BCUT2D eigenvalue weighted by Crippen LogP contribution is 2.29. The van der Waals surface area contributed by atoms with Crippen molar-refractivity contribution in [2.24, 2.45) is 0 Å². The van der Waals surface area contributed by atoms with E-state index in [1.165, 1.54) is 6.07 Å². The van der Waals surface area contributed by atoms with Crippen molar-refractivity contribution in [3.05, 3.63) is 76.0 Å². The fourth-order valence-corrected chi connectivity index (χ4v) is 4.72. The number of aromatic nitrogens is 3. The van der Waals surface area contributed by atoms with Crippen LogP contribution in [0.15, 0.2) is 47.8 Å². The van der Waals surface area contributed by atoms with E-state index in [1.54, 1.807) is 4.57 Å². The molecule has 2 aromatic carbocycles. The number of para-hydroxylation sites is 1. The summed E-state index contributed by atoms with van der Waals surface area (Å²) < 4.78 is 16.9. The lowest BCUT2D eigenvalue weighted by atomic mass is 9.97. The van der Waals surface area contributed by atoms with E-state index in [0.717, 1.165) is 42.5 Å². The second-order valence-electron chi connectivity index (χ2n) is 8.62. The molecule has 0 amide bonds. The van der Waals surface area contributed by atoms with Gasteiger partial charge in [-0.15, -0.1) is 0 Å². The molecule has 1 fully saturated rings. The number of imidazole rings is 1. The van der Waals surface area contributed by atoms with E-state index in [-0.39, 0.29) is 23.9 Å². The Morgan fingerprint density at radius 1 is 1.22 bits per heavy atom. The van der Waals surface area contributed by atoms with Gasteiger partial charge >= 0.3 is 5.69 Å². The van der Waals surface area contributed by atoms with Crippen LogP contribution < -0.4 is 11.4 Å². The third-order valence-electron chi connectivity index (χ3n) is 6.28. The Hall–Kier alpha value is -3.45. The van der Waals surface area contributed by atoms with E-state index in [9.17, 15) is 4.79 Å². The number of benzene rings is 2. The first-order valence-corrected chi connectivity index (χ1v) is 10.9. The van der Waals surface area contributed by atoms with Gasteiger partial charge in [-0.25, -0.2) is 14.2 Å². The number of pyridine rings is 1. The number of H-pyrrole nitrogens is 1. The average molecular weight is 432 g/mol. The second kappa shape index (κ2) is 7.91. The van der Waals surface area contributed by atoms with Gasteiger partial charge in [0.1, 0.15) is 17.2 Å². The van der Waals surface area contributed by atoms with Crippen molar-refractivity contribution in [2.75, 3.05) is 18.8 Å². The predicted octanol–water partition coefficient (Wildman–Crippen LogP) is 4.28. The fraction of sp³-hybridized carbons (Fsp3) is 0.280. The minimum atomic E-state index is -0.303. The number of rotatable bonds is 5. The van der Waals surface area contributed by atoms with Crippen LogP contribution in [0.1, 0.15) is 36.5 Å². The Balaban J connectivity index is 1.62.